The highest BCUT2D eigenvalue weighted by atomic mass is 15.1. The molecule has 0 aliphatic carbocycles. The molecule has 0 fully saturated rings. The zero-order chi connectivity index (χ0) is 31.6. The van der Waals surface area contributed by atoms with Crippen LogP contribution in [0, 0.1) is 0 Å². The maximum Gasteiger partial charge on any atom is 0.0547 e. The van der Waals surface area contributed by atoms with Crippen LogP contribution in [-0.2, 0) is 0 Å². The Balaban J connectivity index is 1.21. The Labute approximate surface area is 278 Å². The predicted octanol–water partition coefficient (Wildman–Crippen LogP) is 12.9. The van der Waals surface area contributed by atoms with Crippen LogP contribution in [-0.4, -0.2) is 4.57 Å². The molecule has 224 valence electrons. The molecule has 1 aromatic heterocycles. The van der Waals surface area contributed by atoms with E-state index in [4.69, 9.17) is 0 Å². The smallest absolute Gasteiger partial charge is 0.0547 e. The van der Waals surface area contributed by atoms with Gasteiger partial charge in [0.25, 0.3) is 0 Å². The number of fused-ring (bicyclic) bond motifs is 9. The summed E-state index contributed by atoms with van der Waals surface area (Å²) in [5.74, 6) is 0. The van der Waals surface area contributed by atoms with E-state index in [9.17, 15) is 0 Å². The van der Waals surface area contributed by atoms with Gasteiger partial charge in [-0.25, -0.2) is 0 Å². The molecule has 2 heteroatoms. The van der Waals surface area contributed by atoms with Gasteiger partial charge < -0.3 is 9.47 Å². The second-order valence-corrected chi connectivity index (χ2v) is 12.6. The van der Waals surface area contributed by atoms with Crippen LogP contribution in [0.4, 0.5) is 17.1 Å². The molecular formula is C46H30N2. The summed E-state index contributed by atoms with van der Waals surface area (Å²) in [7, 11) is 0. The highest BCUT2D eigenvalue weighted by molar-refractivity contribution is 6.28. The number of aromatic nitrogens is 1. The molecule has 0 unspecified atom stereocenters. The van der Waals surface area contributed by atoms with E-state index in [2.05, 4.69) is 191 Å². The molecule has 1 heterocycles. The van der Waals surface area contributed by atoms with Crippen molar-refractivity contribution in [3.8, 4) is 5.69 Å². The average molecular weight is 611 g/mol. The molecule has 0 atom stereocenters. The maximum absolute atomic E-state index is 2.44. The minimum absolute atomic E-state index is 1.11. The van der Waals surface area contributed by atoms with Crippen LogP contribution >= 0.6 is 0 Å². The summed E-state index contributed by atoms with van der Waals surface area (Å²) >= 11 is 0. The second-order valence-electron chi connectivity index (χ2n) is 12.6. The van der Waals surface area contributed by atoms with E-state index in [1.807, 2.05) is 0 Å². The summed E-state index contributed by atoms with van der Waals surface area (Å²) in [6.07, 6.45) is 0. The van der Waals surface area contributed by atoms with E-state index >= 15 is 0 Å². The van der Waals surface area contributed by atoms with E-state index < -0.39 is 0 Å². The van der Waals surface area contributed by atoms with Gasteiger partial charge in [-0.3, -0.25) is 0 Å². The van der Waals surface area contributed by atoms with Gasteiger partial charge in [0, 0.05) is 33.2 Å². The monoisotopic (exact) mass is 610 g/mol. The SMILES string of the molecule is c1ccc2cc(N(c3ccc(-n4c5ccc6ccccc6c5c5c6ccccc6ccc54)cc3)c3cccc4ccccc34)ccc2c1. The number of hydrogen-bond acceptors (Lipinski definition) is 1. The van der Waals surface area contributed by atoms with Crippen LogP contribution in [0.2, 0.25) is 0 Å². The minimum atomic E-state index is 1.11. The van der Waals surface area contributed by atoms with Crippen molar-refractivity contribution in [2.24, 2.45) is 0 Å². The molecule has 0 aliphatic heterocycles. The Kier molecular flexibility index (Phi) is 5.91. The summed E-state index contributed by atoms with van der Waals surface area (Å²) < 4.78 is 2.44. The maximum atomic E-state index is 2.44. The molecule has 2 nitrogen and oxygen atoms in total. The molecule has 10 aromatic rings. The molecular weight excluding hydrogens is 581 g/mol. The van der Waals surface area contributed by atoms with Gasteiger partial charge in [-0.2, -0.15) is 0 Å². The molecule has 0 radical (unpaired) electrons. The van der Waals surface area contributed by atoms with Gasteiger partial charge in [0.05, 0.1) is 16.7 Å². The molecule has 0 amide bonds. The fourth-order valence-electron chi connectivity index (χ4n) is 7.72. The van der Waals surface area contributed by atoms with Gasteiger partial charge in [0.1, 0.15) is 0 Å². The fraction of sp³-hybridized carbons (Fsp3) is 0. The first-order chi connectivity index (χ1) is 23.8. The van der Waals surface area contributed by atoms with Gasteiger partial charge in [0.15, 0.2) is 0 Å². The largest absolute Gasteiger partial charge is 0.310 e. The Morgan fingerprint density at radius 3 is 1.46 bits per heavy atom. The van der Waals surface area contributed by atoms with Crippen molar-refractivity contribution in [2.75, 3.05) is 4.90 Å². The quantitative estimate of drug-likeness (QED) is 0.192. The van der Waals surface area contributed by atoms with Crippen molar-refractivity contribution in [3.63, 3.8) is 0 Å². The van der Waals surface area contributed by atoms with E-state index in [1.54, 1.807) is 0 Å². The molecule has 0 spiro atoms. The Hall–Kier alpha value is -6.38. The van der Waals surface area contributed by atoms with E-state index in [0.29, 0.717) is 0 Å². The number of benzene rings is 9. The van der Waals surface area contributed by atoms with Crippen LogP contribution in [0.25, 0.3) is 70.6 Å². The van der Waals surface area contributed by atoms with Crippen molar-refractivity contribution in [1.82, 2.24) is 4.57 Å². The van der Waals surface area contributed by atoms with Crippen molar-refractivity contribution in [3.05, 3.63) is 182 Å². The highest BCUT2D eigenvalue weighted by Crippen LogP contribution is 2.43. The van der Waals surface area contributed by atoms with Crippen molar-refractivity contribution < 1.29 is 0 Å². The van der Waals surface area contributed by atoms with Crippen molar-refractivity contribution in [1.29, 1.82) is 0 Å². The van der Waals surface area contributed by atoms with Crippen LogP contribution in [0.15, 0.2) is 182 Å². The fourth-order valence-corrected chi connectivity index (χ4v) is 7.72. The van der Waals surface area contributed by atoms with E-state index in [1.165, 1.54) is 64.9 Å². The van der Waals surface area contributed by atoms with Crippen molar-refractivity contribution >= 4 is 82.0 Å². The Morgan fingerprint density at radius 2 is 0.812 bits per heavy atom. The average Bonchev–Trinajstić information content (AvgIpc) is 3.51. The summed E-state index contributed by atoms with van der Waals surface area (Å²) in [5.41, 5.74) is 6.97. The third-order valence-corrected chi connectivity index (χ3v) is 9.91. The number of nitrogens with zero attached hydrogens (tertiary/aromatic N) is 2. The number of hydrogen-bond donors (Lipinski definition) is 0. The predicted molar refractivity (Wildman–Crippen MR) is 205 cm³/mol. The molecule has 0 bridgehead atoms. The molecule has 9 aromatic carbocycles. The van der Waals surface area contributed by atoms with Gasteiger partial charge in [-0.1, -0.05) is 127 Å². The lowest BCUT2D eigenvalue weighted by Crippen LogP contribution is -2.10. The zero-order valence-corrected chi connectivity index (χ0v) is 26.2. The van der Waals surface area contributed by atoms with E-state index in [-0.39, 0.29) is 0 Å². The van der Waals surface area contributed by atoms with Gasteiger partial charge in [0.2, 0.25) is 0 Å². The molecule has 48 heavy (non-hydrogen) atoms. The first-order valence-electron chi connectivity index (χ1n) is 16.5. The third-order valence-electron chi connectivity index (χ3n) is 9.91. The molecule has 0 saturated carbocycles. The Bertz CT molecular complexity index is 2740. The summed E-state index contributed by atoms with van der Waals surface area (Å²) in [6, 6.07) is 66.3. The molecule has 0 N–H and O–H groups in total. The zero-order valence-electron chi connectivity index (χ0n) is 26.2. The lowest BCUT2D eigenvalue weighted by Gasteiger charge is -2.27. The number of rotatable bonds is 4. The standard InChI is InChI=1S/C46H30N2/c1-2-14-35-30-38(23-20-31(35)10-1)47(42-19-9-15-32-11-3-6-16-39(32)42)36-24-26-37(27-25-36)48-43-28-21-33-12-4-7-17-40(33)45(43)46-41-18-8-5-13-34(41)22-29-44(46)48/h1-30H. The number of anilines is 3. The van der Waals surface area contributed by atoms with Crippen LogP contribution in [0.5, 0.6) is 0 Å². The van der Waals surface area contributed by atoms with Gasteiger partial charge in [-0.15, -0.1) is 0 Å². The third kappa shape index (κ3) is 4.06. The van der Waals surface area contributed by atoms with E-state index in [0.717, 1.165) is 22.7 Å². The lowest BCUT2D eigenvalue weighted by atomic mass is 10.00. The molecule has 0 aliphatic rings. The highest BCUT2D eigenvalue weighted by Gasteiger charge is 2.19. The summed E-state index contributed by atoms with van der Waals surface area (Å²) in [6.45, 7) is 0. The van der Waals surface area contributed by atoms with Crippen LogP contribution in [0.3, 0.4) is 0 Å². The first kappa shape index (κ1) is 26.8. The Morgan fingerprint density at radius 1 is 0.333 bits per heavy atom. The van der Waals surface area contributed by atoms with Gasteiger partial charge >= 0.3 is 0 Å². The van der Waals surface area contributed by atoms with Crippen molar-refractivity contribution in [2.45, 2.75) is 0 Å². The van der Waals surface area contributed by atoms with Crippen LogP contribution in [0.1, 0.15) is 0 Å². The molecule has 10 rings (SSSR count). The summed E-state index contributed by atoms with van der Waals surface area (Å²) in [4.78, 5) is 2.39. The second kappa shape index (κ2) is 10.6. The topological polar surface area (TPSA) is 8.17 Å². The molecule has 0 saturated heterocycles. The lowest BCUT2D eigenvalue weighted by molar-refractivity contribution is 1.18. The van der Waals surface area contributed by atoms with Crippen LogP contribution < -0.4 is 4.90 Å². The minimum Gasteiger partial charge on any atom is -0.310 e. The van der Waals surface area contributed by atoms with Gasteiger partial charge in [-0.05, 0) is 92.3 Å². The summed E-state index contributed by atoms with van der Waals surface area (Å²) in [5, 5.41) is 12.6. The first-order valence-corrected chi connectivity index (χ1v) is 16.5. The normalized spacial score (nSPS) is 11.8.